The van der Waals surface area contributed by atoms with E-state index in [1.54, 1.807) is 19.1 Å². The van der Waals surface area contributed by atoms with E-state index in [0.717, 1.165) is 12.1 Å². The average molecular weight is 297 g/mol. The fourth-order valence-corrected chi connectivity index (χ4v) is 3.11. The van der Waals surface area contributed by atoms with Gasteiger partial charge in [-0.15, -0.1) is 11.8 Å². The fraction of sp³-hybridized carbons (Fsp3) is 0.533. The van der Waals surface area contributed by atoms with Crippen molar-refractivity contribution in [2.75, 3.05) is 19.3 Å². The van der Waals surface area contributed by atoms with Crippen LogP contribution in [-0.2, 0) is 4.79 Å². The van der Waals surface area contributed by atoms with Crippen LogP contribution in [0.5, 0.6) is 0 Å². The average Bonchev–Trinajstić information content (AvgIpc) is 2.82. The summed E-state index contributed by atoms with van der Waals surface area (Å²) in [5.41, 5.74) is 0.210. The van der Waals surface area contributed by atoms with E-state index in [1.807, 2.05) is 19.2 Å². The Balaban J connectivity index is 2.15. The predicted molar refractivity (Wildman–Crippen MR) is 78.5 cm³/mol. The Morgan fingerprint density at radius 2 is 2.25 bits per heavy atom. The van der Waals surface area contributed by atoms with Gasteiger partial charge in [-0.25, -0.2) is 4.39 Å². The first-order valence-electron chi connectivity index (χ1n) is 6.68. The molecule has 1 heterocycles. The van der Waals surface area contributed by atoms with E-state index in [-0.39, 0.29) is 11.9 Å². The van der Waals surface area contributed by atoms with Gasteiger partial charge < -0.3 is 5.11 Å². The molecule has 1 aromatic carbocycles. The van der Waals surface area contributed by atoms with Crippen LogP contribution in [0.4, 0.5) is 4.39 Å². The molecule has 1 aliphatic heterocycles. The summed E-state index contributed by atoms with van der Waals surface area (Å²) in [5, 5.41) is 9.27. The van der Waals surface area contributed by atoms with Gasteiger partial charge in [-0.3, -0.25) is 9.69 Å². The summed E-state index contributed by atoms with van der Waals surface area (Å²) in [6.07, 6.45) is 2.48. The van der Waals surface area contributed by atoms with Crippen molar-refractivity contribution in [3.63, 3.8) is 0 Å². The molecule has 20 heavy (non-hydrogen) atoms. The third-order valence-corrected chi connectivity index (χ3v) is 5.00. The highest BCUT2D eigenvalue weighted by molar-refractivity contribution is 7.98. The van der Waals surface area contributed by atoms with Gasteiger partial charge >= 0.3 is 5.97 Å². The monoisotopic (exact) mass is 297 g/mol. The SMILES string of the molecule is CSc1ccc(C(C)N2CCC(C)(C(=O)O)C2)cc1F. The second-order valence-electron chi connectivity index (χ2n) is 5.66. The number of rotatable bonds is 4. The number of hydrogen-bond donors (Lipinski definition) is 1. The third-order valence-electron chi connectivity index (χ3n) is 4.23. The van der Waals surface area contributed by atoms with Gasteiger partial charge in [-0.1, -0.05) is 6.07 Å². The minimum atomic E-state index is -0.754. The molecule has 5 heteroatoms. The number of hydrogen-bond acceptors (Lipinski definition) is 3. The van der Waals surface area contributed by atoms with Gasteiger partial charge in [0.25, 0.3) is 0 Å². The van der Waals surface area contributed by atoms with Crippen LogP contribution >= 0.6 is 11.8 Å². The molecule has 0 saturated carbocycles. The molecule has 110 valence electrons. The van der Waals surface area contributed by atoms with E-state index in [2.05, 4.69) is 4.90 Å². The molecule has 0 aliphatic carbocycles. The number of nitrogens with zero attached hydrogens (tertiary/aromatic N) is 1. The largest absolute Gasteiger partial charge is 0.481 e. The highest BCUT2D eigenvalue weighted by atomic mass is 32.2. The second-order valence-corrected chi connectivity index (χ2v) is 6.50. The second kappa shape index (κ2) is 5.74. The highest BCUT2D eigenvalue weighted by Gasteiger charge is 2.41. The zero-order valence-corrected chi connectivity index (χ0v) is 12.8. The Kier molecular flexibility index (Phi) is 4.39. The molecular weight excluding hydrogens is 277 g/mol. The van der Waals surface area contributed by atoms with Crippen LogP contribution in [0.1, 0.15) is 31.9 Å². The van der Waals surface area contributed by atoms with Crippen LogP contribution in [0, 0.1) is 11.2 Å². The van der Waals surface area contributed by atoms with Gasteiger partial charge in [-0.2, -0.15) is 0 Å². The molecule has 1 fully saturated rings. The minimum absolute atomic E-state index is 0.0292. The zero-order chi connectivity index (χ0) is 14.9. The van der Waals surface area contributed by atoms with Crippen LogP contribution in [-0.4, -0.2) is 35.3 Å². The normalized spacial score (nSPS) is 24.8. The van der Waals surface area contributed by atoms with Crippen LogP contribution < -0.4 is 0 Å². The Bertz CT molecular complexity index is 523. The molecule has 2 atom stereocenters. The standard InChI is InChI=1S/C15H20FNO2S/c1-10(11-4-5-13(20-3)12(16)8-11)17-7-6-15(2,9-17)14(18)19/h4-5,8,10H,6-7,9H2,1-3H3,(H,18,19). The van der Waals surface area contributed by atoms with Crippen molar-refractivity contribution in [3.05, 3.63) is 29.6 Å². The molecule has 1 N–H and O–H groups in total. The molecule has 1 aromatic rings. The minimum Gasteiger partial charge on any atom is -0.481 e. The molecular formula is C15H20FNO2S. The molecule has 3 nitrogen and oxygen atoms in total. The smallest absolute Gasteiger partial charge is 0.310 e. The van der Waals surface area contributed by atoms with Crippen molar-refractivity contribution in [1.29, 1.82) is 0 Å². The Hall–Kier alpha value is -1.07. The van der Waals surface area contributed by atoms with Crippen molar-refractivity contribution < 1.29 is 14.3 Å². The zero-order valence-electron chi connectivity index (χ0n) is 12.0. The number of carboxylic acid groups (broad SMARTS) is 1. The van der Waals surface area contributed by atoms with Gasteiger partial charge in [0.05, 0.1) is 5.41 Å². The van der Waals surface area contributed by atoms with Crippen molar-refractivity contribution in [3.8, 4) is 0 Å². The van der Waals surface area contributed by atoms with E-state index in [1.165, 1.54) is 11.8 Å². The molecule has 2 rings (SSSR count). The van der Waals surface area contributed by atoms with Crippen LogP contribution in [0.2, 0.25) is 0 Å². The molecule has 0 aromatic heterocycles. The lowest BCUT2D eigenvalue weighted by molar-refractivity contribution is -0.147. The fourth-order valence-electron chi connectivity index (χ4n) is 2.66. The molecule has 0 spiro atoms. The maximum absolute atomic E-state index is 13.8. The summed E-state index contributed by atoms with van der Waals surface area (Å²) in [4.78, 5) is 14.0. The summed E-state index contributed by atoms with van der Waals surface area (Å²) < 4.78 is 13.8. The van der Waals surface area contributed by atoms with Crippen LogP contribution in [0.15, 0.2) is 23.1 Å². The summed E-state index contributed by atoms with van der Waals surface area (Å²) >= 11 is 1.39. The summed E-state index contributed by atoms with van der Waals surface area (Å²) in [6, 6.07) is 5.31. The van der Waals surface area contributed by atoms with E-state index < -0.39 is 11.4 Å². The number of thioether (sulfide) groups is 1. The number of aliphatic carboxylic acids is 1. The maximum Gasteiger partial charge on any atom is 0.310 e. The summed E-state index contributed by atoms with van der Waals surface area (Å²) in [5.74, 6) is -0.960. The van der Waals surface area contributed by atoms with Crippen molar-refractivity contribution in [2.24, 2.45) is 5.41 Å². The van der Waals surface area contributed by atoms with Gasteiger partial charge in [0.1, 0.15) is 5.82 Å². The van der Waals surface area contributed by atoms with E-state index in [9.17, 15) is 14.3 Å². The first kappa shape index (κ1) is 15.3. The van der Waals surface area contributed by atoms with Gasteiger partial charge in [0.15, 0.2) is 0 Å². The lowest BCUT2D eigenvalue weighted by Crippen LogP contribution is -2.32. The third kappa shape index (κ3) is 2.83. The Morgan fingerprint density at radius 3 is 2.75 bits per heavy atom. The first-order chi connectivity index (χ1) is 9.37. The molecule has 1 saturated heterocycles. The predicted octanol–water partition coefficient (Wildman–Crippen LogP) is 3.41. The molecule has 2 unspecified atom stereocenters. The van der Waals surface area contributed by atoms with Crippen molar-refractivity contribution in [2.45, 2.75) is 31.2 Å². The van der Waals surface area contributed by atoms with Crippen molar-refractivity contribution in [1.82, 2.24) is 4.90 Å². The van der Waals surface area contributed by atoms with Crippen LogP contribution in [0.3, 0.4) is 0 Å². The number of likely N-dealkylation sites (tertiary alicyclic amines) is 1. The van der Waals surface area contributed by atoms with Crippen LogP contribution in [0.25, 0.3) is 0 Å². The van der Waals surface area contributed by atoms with E-state index >= 15 is 0 Å². The highest BCUT2D eigenvalue weighted by Crippen LogP contribution is 2.36. The number of benzene rings is 1. The number of carbonyl (C=O) groups is 1. The quantitative estimate of drug-likeness (QED) is 0.865. The summed E-state index contributed by atoms with van der Waals surface area (Å²) in [6.45, 7) is 5.02. The molecule has 0 bridgehead atoms. The Morgan fingerprint density at radius 1 is 1.55 bits per heavy atom. The number of carboxylic acids is 1. The lowest BCUT2D eigenvalue weighted by atomic mass is 9.90. The van der Waals surface area contributed by atoms with E-state index in [0.29, 0.717) is 17.9 Å². The Labute approximate surface area is 123 Å². The molecule has 0 amide bonds. The van der Waals surface area contributed by atoms with Gasteiger partial charge in [0, 0.05) is 17.5 Å². The van der Waals surface area contributed by atoms with Gasteiger partial charge in [-0.05, 0) is 50.8 Å². The number of halogens is 1. The molecule has 0 radical (unpaired) electrons. The van der Waals surface area contributed by atoms with Gasteiger partial charge in [0.2, 0.25) is 0 Å². The summed E-state index contributed by atoms with van der Waals surface area (Å²) in [7, 11) is 0. The maximum atomic E-state index is 13.8. The molecule has 1 aliphatic rings. The van der Waals surface area contributed by atoms with E-state index in [4.69, 9.17) is 0 Å². The first-order valence-corrected chi connectivity index (χ1v) is 7.91. The topological polar surface area (TPSA) is 40.5 Å². The lowest BCUT2D eigenvalue weighted by Gasteiger charge is -2.26. The van der Waals surface area contributed by atoms with Crippen molar-refractivity contribution >= 4 is 17.7 Å².